The summed E-state index contributed by atoms with van der Waals surface area (Å²) in [5.41, 5.74) is 2.68. The lowest BCUT2D eigenvalue weighted by Gasteiger charge is -2.39. The zero-order valence-corrected chi connectivity index (χ0v) is 15.7. The van der Waals surface area contributed by atoms with Gasteiger partial charge < -0.3 is 10.0 Å². The van der Waals surface area contributed by atoms with Gasteiger partial charge in [-0.15, -0.1) is 0 Å². The minimum absolute atomic E-state index is 0.167. The average molecular weight is 380 g/mol. The molecule has 1 aromatic carbocycles. The van der Waals surface area contributed by atoms with Gasteiger partial charge in [0.15, 0.2) is 0 Å². The molecule has 5 rings (SSSR count). The molecule has 0 spiro atoms. The average Bonchev–Trinajstić information content (AvgIpc) is 3.36. The van der Waals surface area contributed by atoms with Gasteiger partial charge in [-0.25, -0.2) is 9.61 Å². The molecular weight excluding hydrogens is 356 g/mol. The second-order valence-corrected chi connectivity index (χ2v) is 7.59. The van der Waals surface area contributed by atoms with E-state index < -0.39 is 0 Å². The summed E-state index contributed by atoms with van der Waals surface area (Å²) in [6.07, 6.45) is 1.50. The molecule has 0 amide bonds. The fourth-order valence-electron chi connectivity index (χ4n) is 4.39. The van der Waals surface area contributed by atoms with E-state index in [0.29, 0.717) is 6.54 Å². The molecule has 2 aliphatic rings. The topological polar surface area (TPSA) is 81.8 Å². The van der Waals surface area contributed by atoms with Crippen molar-refractivity contribution < 1.29 is 9.74 Å². The smallest absolute Gasteiger partial charge is 0.139 e. The molecule has 8 heteroatoms. The first-order valence-electron chi connectivity index (χ1n) is 9.78. The van der Waals surface area contributed by atoms with E-state index in [-0.39, 0.29) is 12.1 Å². The molecule has 146 valence electrons. The van der Waals surface area contributed by atoms with Crippen LogP contribution in [0, 0.1) is 0 Å². The minimum Gasteiger partial charge on any atom is -0.390 e. The number of likely N-dealkylation sites (tertiary alicyclic amines) is 1. The molecule has 2 saturated heterocycles. The van der Waals surface area contributed by atoms with Crippen LogP contribution in [0.3, 0.4) is 0 Å². The van der Waals surface area contributed by atoms with Crippen LogP contribution in [0.15, 0.2) is 47.2 Å². The largest absolute Gasteiger partial charge is 0.390 e. The maximum Gasteiger partial charge on any atom is 0.139 e. The maximum absolute atomic E-state index is 10.7. The molecular formula is C20H24N6O2. The van der Waals surface area contributed by atoms with Gasteiger partial charge in [0.05, 0.1) is 6.10 Å². The summed E-state index contributed by atoms with van der Waals surface area (Å²) < 4.78 is 4.87. The molecule has 0 radical (unpaired) electrons. The molecule has 4 heterocycles. The molecule has 2 aliphatic heterocycles. The van der Waals surface area contributed by atoms with Crippen molar-refractivity contribution in [3.8, 4) is 0 Å². The van der Waals surface area contributed by atoms with Crippen LogP contribution in [0.2, 0.25) is 0 Å². The Morgan fingerprint density at radius 2 is 1.89 bits per heavy atom. The molecule has 8 nitrogen and oxygen atoms in total. The number of benzene rings is 1. The number of rotatable bonds is 4. The Labute approximate surface area is 163 Å². The van der Waals surface area contributed by atoms with Crippen molar-refractivity contribution in [1.29, 1.82) is 0 Å². The maximum atomic E-state index is 10.7. The van der Waals surface area contributed by atoms with Gasteiger partial charge in [0.1, 0.15) is 16.9 Å². The molecule has 0 unspecified atom stereocenters. The molecule has 1 N–H and O–H groups in total. The van der Waals surface area contributed by atoms with Crippen LogP contribution in [0.5, 0.6) is 0 Å². The number of aliphatic hydroxyl groups excluding tert-OH is 1. The summed E-state index contributed by atoms with van der Waals surface area (Å²) in [5.74, 6) is 1.03. The van der Waals surface area contributed by atoms with Crippen LogP contribution in [0.4, 0.5) is 5.82 Å². The first-order valence-corrected chi connectivity index (χ1v) is 9.78. The molecule has 3 aromatic rings. The lowest BCUT2D eigenvalue weighted by molar-refractivity contribution is 0.0790. The highest BCUT2D eigenvalue weighted by atomic mass is 16.6. The number of fused-ring (bicyclic) bond motifs is 1. The predicted octanol–water partition coefficient (Wildman–Crippen LogP) is 0.985. The number of aliphatic hydroxyl groups is 1. The van der Waals surface area contributed by atoms with Gasteiger partial charge in [0.25, 0.3) is 0 Å². The summed E-state index contributed by atoms with van der Waals surface area (Å²) in [6, 6.07) is 12.1. The van der Waals surface area contributed by atoms with Crippen molar-refractivity contribution in [1.82, 2.24) is 25.1 Å². The third-order valence-corrected chi connectivity index (χ3v) is 5.85. The highest BCUT2D eigenvalue weighted by molar-refractivity contribution is 5.76. The number of aromatic nitrogens is 3. The monoisotopic (exact) mass is 380 g/mol. The summed E-state index contributed by atoms with van der Waals surface area (Å²) in [7, 11) is 0. The van der Waals surface area contributed by atoms with Crippen LogP contribution in [-0.2, 0) is 6.54 Å². The molecule has 2 fully saturated rings. The third kappa shape index (κ3) is 3.34. The molecule has 2 aromatic heterocycles. The number of hydrogen-bond donors (Lipinski definition) is 1. The van der Waals surface area contributed by atoms with Gasteiger partial charge in [0.2, 0.25) is 0 Å². The Balaban J connectivity index is 1.21. The Morgan fingerprint density at radius 3 is 2.71 bits per heavy atom. The number of pyridine rings is 1. The fraction of sp³-hybridized carbons (Fsp3) is 0.450. The van der Waals surface area contributed by atoms with Gasteiger partial charge in [0, 0.05) is 58.1 Å². The van der Waals surface area contributed by atoms with E-state index in [1.807, 2.05) is 30.5 Å². The van der Waals surface area contributed by atoms with Crippen LogP contribution >= 0.6 is 0 Å². The van der Waals surface area contributed by atoms with E-state index in [0.717, 1.165) is 61.7 Å². The fourth-order valence-corrected chi connectivity index (χ4v) is 4.39. The predicted molar refractivity (Wildman–Crippen MR) is 105 cm³/mol. The quantitative estimate of drug-likeness (QED) is 0.718. The van der Waals surface area contributed by atoms with E-state index in [1.54, 1.807) is 0 Å². The van der Waals surface area contributed by atoms with E-state index in [4.69, 9.17) is 4.63 Å². The third-order valence-electron chi connectivity index (χ3n) is 5.85. The molecule has 2 atom stereocenters. The van der Waals surface area contributed by atoms with Crippen molar-refractivity contribution in [3.63, 3.8) is 0 Å². The van der Waals surface area contributed by atoms with Gasteiger partial charge >= 0.3 is 0 Å². The Hall–Kier alpha value is -2.55. The summed E-state index contributed by atoms with van der Waals surface area (Å²) >= 11 is 0. The van der Waals surface area contributed by atoms with Gasteiger partial charge in [-0.1, -0.05) is 18.2 Å². The van der Waals surface area contributed by atoms with E-state index in [1.165, 1.54) is 0 Å². The number of hydrogen-bond acceptors (Lipinski definition) is 8. The lowest BCUT2D eigenvalue weighted by atomic mass is 10.1. The summed E-state index contributed by atoms with van der Waals surface area (Å²) in [6.45, 7) is 6.02. The van der Waals surface area contributed by atoms with E-state index in [9.17, 15) is 5.11 Å². The Morgan fingerprint density at radius 1 is 1.00 bits per heavy atom. The first kappa shape index (κ1) is 17.5. The zero-order valence-electron chi connectivity index (χ0n) is 15.7. The number of anilines is 1. The van der Waals surface area contributed by atoms with Crippen LogP contribution in [-0.4, -0.2) is 81.6 Å². The van der Waals surface area contributed by atoms with Gasteiger partial charge in [-0.2, -0.15) is 0 Å². The van der Waals surface area contributed by atoms with E-state index >= 15 is 0 Å². The molecule has 0 aliphatic carbocycles. The van der Waals surface area contributed by atoms with Crippen LogP contribution < -0.4 is 4.90 Å². The summed E-state index contributed by atoms with van der Waals surface area (Å²) in [5, 5.41) is 18.6. The highest BCUT2D eigenvalue weighted by Gasteiger charge is 2.37. The number of nitrogens with zero attached hydrogens (tertiary/aromatic N) is 6. The summed E-state index contributed by atoms with van der Waals surface area (Å²) in [4.78, 5) is 11.5. The first-order chi connectivity index (χ1) is 13.8. The zero-order chi connectivity index (χ0) is 18.9. The van der Waals surface area contributed by atoms with Crippen LogP contribution in [0.25, 0.3) is 11.0 Å². The SMILES string of the molecule is O[C@H]1CN(Cc2cccc3nonc23)C[C@@H]1N1CCN(c2ccccn2)CC1. The van der Waals surface area contributed by atoms with Crippen molar-refractivity contribution >= 4 is 16.9 Å². The second kappa shape index (κ2) is 7.46. The normalized spacial score (nSPS) is 24.2. The number of piperazine rings is 1. The van der Waals surface area contributed by atoms with Gasteiger partial charge in [-0.3, -0.25) is 9.80 Å². The standard InChI is InChI=1S/C20H24N6O2/c27-18-14-24(12-15-4-3-5-16-20(15)23-28-22-16)13-17(18)25-8-10-26(11-9-25)19-6-1-2-7-21-19/h1-7,17-18,27H,8-14H2/t17-,18-/m0/s1. The van der Waals surface area contributed by atoms with Crippen molar-refractivity contribution in [2.24, 2.45) is 0 Å². The number of β-amino-alcohol motifs (C(OH)–C–C–N with tert-alkyl or cyclic N) is 1. The van der Waals surface area contributed by atoms with Gasteiger partial charge in [-0.05, 0) is 34.1 Å². The second-order valence-electron chi connectivity index (χ2n) is 7.59. The lowest BCUT2D eigenvalue weighted by Crippen LogP contribution is -2.53. The Bertz CT molecular complexity index is 925. The van der Waals surface area contributed by atoms with Crippen molar-refractivity contribution in [3.05, 3.63) is 48.2 Å². The van der Waals surface area contributed by atoms with E-state index in [2.05, 4.69) is 42.1 Å². The molecule has 28 heavy (non-hydrogen) atoms. The van der Waals surface area contributed by atoms with Crippen LogP contribution in [0.1, 0.15) is 5.56 Å². The van der Waals surface area contributed by atoms with Crippen molar-refractivity contribution in [2.45, 2.75) is 18.7 Å². The highest BCUT2D eigenvalue weighted by Crippen LogP contribution is 2.23. The minimum atomic E-state index is -0.337. The van der Waals surface area contributed by atoms with Crippen molar-refractivity contribution in [2.75, 3.05) is 44.2 Å². The Kier molecular flexibility index (Phi) is 4.67. The molecule has 0 saturated carbocycles. The molecule has 0 bridgehead atoms.